The van der Waals surface area contributed by atoms with E-state index >= 15 is 0 Å². The highest BCUT2D eigenvalue weighted by Crippen LogP contribution is 2.26. The highest BCUT2D eigenvalue weighted by atomic mass is 35.5. The van der Waals surface area contributed by atoms with Crippen LogP contribution in [0, 0.1) is 0 Å². The molecule has 0 amide bonds. The molecule has 2 heterocycles. The van der Waals surface area contributed by atoms with Crippen molar-refractivity contribution in [2.75, 3.05) is 38.8 Å². The number of anilines is 1. The number of carbonyl (C=O) groups excluding carboxylic acids is 1. The van der Waals surface area contributed by atoms with Gasteiger partial charge in [0.25, 0.3) is 0 Å². The van der Waals surface area contributed by atoms with Crippen molar-refractivity contribution >= 4 is 29.3 Å². The molecule has 0 aliphatic carbocycles. The van der Waals surface area contributed by atoms with Crippen LogP contribution < -0.4 is 20.3 Å². The molecule has 3 rings (SSSR count). The van der Waals surface area contributed by atoms with E-state index in [9.17, 15) is 4.79 Å². The summed E-state index contributed by atoms with van der Waals surface area (Å²) in [5, 5.41) is 7.44. The second-order valence-corrected chi connectivity index (χ2v) is 7.51. The zero-order valence-electron chi connectivity index (χ0n) is 18.0. The van der Waals surface area contributed by atoms with E-state index in [1.165, 1.54) is 14.2 Å². The van der Waals surface area contributed by atoms with Crippen molar-refractivity contribution in [2.45, 2.75) is 25.9 Å². The summed E-state index contributed by atoms with van der Waals surface area (Å²) in [7, 11) is 2.88. The molecular weight excluding hydrogens is 418 g/mol. The Morgan fingerprint density at radius 3 is 2.90 bits per heavy atom. The first-order valence-electron chi connectivity index (χ1n) is 10.2. The minimum atomic E-state index is -0.430. The monoisotopic (exact) mass is 445 g/mol. The molecule has 1 aliphatic heterocycles. The van der Waals surface area contributed by atoms with Gasteiger partial charge in [-0.15, -0.1) is 0 Å². The quantitative estimate of drug-likeness (QED) is 0.385. The lowest BCUT2D eigenvalue weighted by Gasteiger charge is -2.20. The summed E-state index contributed by atoms with van der Waals surface area (Å²) >= 11 is 6.29. The van der Waals surface area contributed by atoms with Gasteiger partial charge in [0.15, 0.2) is 5.96 Å². The number of aromatic nitrogens is 1. The first kappa shape index (κ1) is 22.7. The number of carbonyl (C=O) groups is 1. The van der Waals surface area contributed by atoms with Gasteiger partial charge in [-0.1, -0.05) is 17.7 Å². The number of ether oxygens (including phenoxy) is 2. The molecular formula is C22H28ClN5O3. The van der Waals surface area contributed by atoms with Gasteiger partial charge in [-0.2, -0.15) is 0 Å². The average Bonchev–Trinajstić information content (AvgIpc) is 3.25. The molecule has 0 bridgehead atoms. The molecule has 1 saturated heterocycles. The maximum absolute atomic E-state index is 11.8. The van der Waals surface area contributed by atoms with Gasteiger partial charge in [0, 0.05) is 31.9 Å². The molecule has 0 spiro atoms. The molecule has 2 aromatic rings. The average molecular weight is 446 g/mol. The molecule has 1 fully saturated rings. The number of guanidine groups is 1. The maximum Gasteiger partial charge on any atom is 0.341 e. The first-order chi connectivity index (χ1) is 15.0. The van der Waals surface area contributed by atoms with E-state index in [4.69, 9.17) is 26.1 Å². The van der Waals surface area contributed by atoms with Crippen molar-refractivity contribution in [1.29, 1.82) is 0 Å². The fraction of sp³-hybridized carbons (Fsp3) is 0.409. The zero-order chi connectivity index (χ0) is 22.2. The molecule has 8 nitrogen and oxygen atoms in total. The first-order valence-corrected chi connectivity index (χ1v) is 10.6. The summed E-state index contributed by atoms with van der Waals surface area (Å²) < 4.78 is 10.1. The number of benzene rings is 1. The Morgan fingerprint density at radius 1 is 1.35 bits per heavy atom. The van der Waals surface area contributed by atoms with E-state index in [-0.39, 0.29) is 6.04 Å². The minimum absolute atomic E-state index is 0.229. The zero-order valence-corrected chi connectivity index (χ0v) is 18.8. The molecule has 1 atom stereocenters. The standard InChI is InChI=1S/C22H28ClN5O3/c1-4-24-22(26-13-15-7-8-17(21(29)31-3)19(12-15)30-2)27-16-9-11-28(14-16)20-18(23)6-5-10-25-20/h5-8,10,12,16H,4,9,11,13-14H2,1-3H3,(H2,24,26,27). The van der Waals surface area contributed by atoms with Crippen molar-refractivity contribution in [2.24, 2.45) is 4.99 Å². The molecule has 1 aliphatic rings. The topological polar surface area (TPSA) is 88.1 Å². The number of nitrogens with one attached hydrogen (secondary N) is 2. The summed E-state index contributed by atoms with van der Waals surface area (Å²) in [6.07, 6.45) is 2.71. The SMILES string of the molecule is CCNC(=NCc1ccc(C(=O)OC)c(OC)c1)NC1CCN(c2ncccc2Cl)C1. The number of hydrogen-bond donors (Lipinski definition) is 2. The van der Waals surface area contributed by atoms with Crippen LogP contribution in [-0.4, -0.2) is 56.8 Å². The van der Waals surface area contributed by atoms with Gasteiger partial charge in [0.1, 0.15) is 17.1 Å². The molecule has 0 saturated carbocycles. The second kappa shape index (κ2) is 10.9. The number of rotatable bonds is 7. The van der Waals surface area contributed by atoms with Crippen LogP contribution in [0.2, 0.25) is 5.02 Å². The van der Waals surface area contributed by atoms with Crippen LogP contribution in [0.3, 0.4) is 0 Å². The van der Waals surface area contributed by atoms with Crippen molar-refractivity contribution in [3.8, 4) is 5.75 Å². The minimum Gasteiger partial charge on any atom is -0.496 e. The summed E-state index contributed by atoms with van der Waals surface area (Å²) in [6, 6.07) is 9.27. The van der Waals surface area contributed by atoms with Gasteiger partial charge >= 0.3 is 5.97 Å². The van der Waals surface area contributed by atoms with Crippen LogP contribution in [0.25, 0.3) is 0 Å². The lowest BCUT2D eigenvalue weighted by molar-refractivity contribution is 0.0597. The molecule has 9 heteroatoms. The van der Waals surface area contributed by atoms with Crippen LogP contribution in [0.15, 0.2) is 41.5 Å². The van der Waals surface area contributed by atoms with Crippen LogP contribution in [-0.2, 0) is 11.3 Å². The molecule has 166 valence electrons. The highest BCUT2D eigenvalue weighted by Gasteiger charge is 2.25. The highest BCUT2D eigenvalue weighted by molar-refractivity contribution is 6.32. The van der Waals surface area contributed by atoms with Crippen LogP contribution >= 0.6 is 11.6 Å². The molecule has 1 aromatic carbocycles. The number of halogens is 1. The molecule has 0 radical (unpaired) electrons. The fourth-order valence-electron chi connectivity index (χ4n) is 3.48. The van der Waals surface area contributed by atoms with E-state index in [1.807, 2.05) is 25.1 Å². The second-order valence-electron chi connectivity index (χ2n) is 7.11. The maximum atomic E-state index is 11.8. The Labute approximate surface area is 187 Å². The number of aliphatic imine (C=N–C) groups is 1. The Hall–Kier alpha value is -3.00. The predicted octanol–water partition coefficient (Wildman–Crippen LogP) is 2.86. The summed E-state index contributed by atoms with van der Waals surface area (Å²) in [5.74, 6) is 1.59. The van der Waals surface area contributed by atoms with Crippen molar-refractivity contribution < 1.29 is 14.3 Å². The van der Waals surface area contributed by atoms with Gasteiger partial charge < -0.3 is 25.0 Å². The third-order valence-corrected chi connectivity index (χ3v) is 5.30. The fourth-order valence-corrected chi connectivity index (χ4v) is 3.72. The molecule has 2 N–H and O–H groups in total. The molecule has 1 aromatic heterocycles. The largest absolute Gasteiger partial charge is 0.496 e. The van der Waals surface area contributed by atoms with E-state index in [1.54, 1.807) is 18.3 Å². The Bertz CT molecular complexity index is 937. The Morgan fingerprint density at radius 2 is 2.19 bits per heavy atom. The van der Waals surface area contributed by atoms with Crippen LogP contribution in [0.5, 0.6) is 5.75 Å². The van der Waals surface area contributed by atoms with Crippen LogP contribution in [0.4, 0.5) is 5.82 Å². The Kier molecular flexibility index (Phi) is 7.94. The van der Waals surface area contributed by atoms with Gasteiger partial charge in [0.05, 0.1) is 25.8 Å². The summed E-state index contributed by atoms with van der Waals surface area (Å²) in [6.45, 7) is 4.89. The lowest BCUT2D eigenvalue weighted by Crippen LogP contribution is -2.44. The van der Waals surface area contributed by atoms with Gasteiger partial charge in [-0.25, -0.2) is 14.8 Å². The number of esters is 1. The Balaban J connectivity index is 1.66. The van der Waals surface area contributed by atoms with Crippen molar-refractivity contribution in [3.63, 3.8) is 0 Å². The number of hydrogen-bond acceptors (Lipinski definition) is 6. The van der Waals surface area contributed by atoms with Crippen molar-refractivity contribution in [3.05, 3.63) is 52.7 Å². The predicted molar refractivity (Wildman–Crippen MR) is 122 cm³/mol. The van der Waals surface area contributed by atoms with E-state index in [2.05, 4.69) is 20.5 Å². The van der Waals surface area contributed by atoms with Crippen LogP contribution in [0.1, 0.15) is 29.3 Å². The van der Waals surface area contributed by atoms with Gasteiger partial charge in [0.2, 0.25) is 0 Å². The normalized spacial score (nSPS) is 16.2. The van der Waals surface area contributed by atoms with E-state index in [0.717, 1.165) is 43.4 Å². The third-order valence-electron chi connectivity index (χ3n) is 5.00. The van der Waals surface area contributed by atoms with Gasteiger partial charge in [-0.3, -0.25) is 0 Å². The summed E-state index contributed by atoms with van der Waals surface area (Å²) in [5.41, 5.74) is 1.32. The number of nitrogens with zero attached hydrogens (tertiary/aromatic N) is 3. The van der Waals surface area contributed by atoms with Crippen molar-refractivity contribution in [1.82, 2.24) is 15.6 Å². The number of methoxy groups -OCH3 is 2. The number of pyridine rings is 1. The lowest BCUT2D eigenvalue weighted by atomic mass is 10.1. The van der Waals surface area contributed by atoms with E-state index in [0.29, 0.717) is 22.9 Å². The summed E-state index contributed by atoms with van der Waals surface area (Å²) in [4.78, 5) is 23.1. The molecule has 1 unspecified atom stereocenters. The molecule has 31 heavy (non-hydrogen) atoms. The van der Waals surface area contributed by atoms with Gasteiger partial charge in [-0.05, 0) is 43.2 Å². The third kappa shape index (κ3) is 5.79. The smallest absolute Gasteiger partial charge is 0.341 e. The van der Waals surface area contributed by atoms with E-state index < -0.39 is 5.97 Å².